The first kappa shape index (κ1) is 15.0. The van der Waals surface area contributed by atoms with Gasteiger partial charge >= 0.3 is 0 Å². The van der Waals surface area contributed by atoms with E-state index in [1.165, 1.54) is 0 Å². The van der Waals surface area contributed by atoms with Crippen LogP contribution in [0.5, 0.6) is 5.75 Å². The summed E-state index contributed by atoms with van der Waals surface area (Å²) >= 11 is 0. The Morgan fingerprint density at radius 3 is 2.90 bits per heavy atom. The fourth-order valence-electron chi connectivity index (χ4n) is 1.85. The van der Waals surface area contributed by atoms with Crippen molar-refractivity contribution < 1.29 is 14.6 Å². The molecule has 0 aliphatic rings. The number of rotatable bonds is 5. The molecule has 0 bridgehead atoms. The van der Waals surface area contributed by atoms with Crippen LogP contribution in [0.2, 0.25) is 0 Å². The Labute approximate surface area is 123 Å². The molecule has 1 heterocycles. The lowest BCUT2D eigenvalue weighted by atomic mass is 10.1. The monoisotopic (exact) mass is 286 g/mol. The first-order valence-electron chi connectivity index (χ1n) is 6.65. The topological polar surface area (TPSA) is 71.5 Å². The van der Waals surface area contributed by atoms with E-state index >= 15 is 0 Å². The Morgan fingerprint density at radius 1 is 1.33 bits per heavy atom. The Morgan fingerprint density at radius 2 is 2.14 bits per heavy atom. The molecule has 0 radical (unpaired) electrons. The molecule has 1 aromatic carbocycles. The molecule has 110 valence electrons. The van der Waals surface area contributed by atoms with Gasteiger partial charge in [-0.25, -0.2) is 4.98 Å². The van der Waals surface area contributed by atoms with E-state index in [9.17, 15) is 9.90 Å². The van der Waals surface area contributed by atoms with Crippen LogP contribution in [0, 0.1) is 13.8 Å². The molecule has 0 atom stereocenters. The molecule has 0 unspecified atom stereocenters. The maximum absolute atomic E-state index is 11.9. The number of aliphatic hydroxyl groups excluding tert-OH is 1. The number of benzene rings is 1. The van der Waals surface area contributed by atoms with Crippen LogP contribution in [-0.2, 0) is 11.4 Å². The largest absolute Gasteiger partial charge is 0.483 e. The number of hydrogen-bond donors (Lipinski definition) is 2. The molecule has 0 fully saturated rings. The zero-order chi connectivity index (χ0) is 15.2. The maximum Gasteiger partial charge on any atom is 0.263 e. The van der Waals surface area contributed by atoms with Crippen molar-refractivity contribution in [2.24, 2.45) is 0 Å². The summed E-state index contributed by atoms with van der Waals surface area (Å²) < 4.78 is 5.52. The maximum atomic E-state index is 11.9. The molecule has 2 aromatic rings. The van der Waals surface area contributed by atoms with E-state index in [0.29, 0.717) is 17.1 Å². The summed E-state index contributed by atoms with van der Waals surface area (Å²) in [6, 6.07) is 9.24. The molecule has 21 heavy (non-hydrogen) atoms. The Bertz CT molecular complexity index is 641. The zero-order valence-electron chi connectivity index (χ0n) is 12.1. The van der Waals surface area contributed by atoms with Crippen molar-refractivity contribution in [3.63, 3.8) is 0 Å². The number of aromatic nitrogens is 1. The van der Waals surface area contributed by atoms with E-state index in [-0.39, 0.29) is 19.1 Å². The normalized spacial score (nSPS) is 10.2. The lowest BCUT2D eigenvalue weighted by Crippen LogP contribution is -2.21. The van der Waals surface area contributed by atoms with Crippen molar-refractivity contribution in [2.45, 2.75) is 20.5 Å². The molecule has 0 spiro atoms. The second-order valence-corrected chi connectivity index (χ2v) is 4.78. The number of anilines is 1. The molecule has 0 aliphatic carbocycles. The van der Waals surface area contributed by atoms with Crippen LogP contribution in [0.15, 0.2) is 36.5 Å². The Balaban J connectivity index is 1.97. The molecule has 5 nitrogen and oxygen atoms in total. The molecule has 0 saturated heterocycles. The van der Waals surface area contributed by atoms with E-state index in [2.05, 4.69) is 10.3 Å². The molecular formula is C16H18N2O3. The first-order valence-corrected chi connectivity index (χ1v) is 6.65. The number of nitrogens with one attached hydrogen (secondary N) is 1. The van der Waals surface area contributed by atoms with Crippen LogP contribution in [-0.4, -0.2) is 22.6 Å². The van der Waals surface area contributed by atoms with Crippen LogP contribution in [0.1, 0.15) is 16.7 Å². The highest BCUT2D eigenvalue weighted by atomic mass is 16.5. The van der Waals surface area contributed by atoms with Gasteiger partial charge in [0.15, 0.2) is 6.61 Å². The lowest BCUT2D eigenvalue weighted by Gasteiger charge is -2.11. The average molecular weight is 286 g/mol. The van der Waals surface area contributed by atoms with Crippen LogP contribution in [0.25, 0.3) is 0 Å². The minimum atomic E-state index is -0.315. The molecule has 0 saturated carbocycles. The Hall–Kier alpha value is -2.40. The van der Waals surface area contributed by atoms with Crippen molar-refractivity contribution >= 4 is 11.7 Å². The van der Waals surface area contributed by atoms with Gasteiger partial charge in [-0.2, -0.15) is 0 Å². The molecule has 2 rings (SSSR count). The van der Waals surface area contributed by atoms with Crippen molar-refractivity contribution in [2.75, 3.05) is 11.9 Å². The molecule has 5 heteroatoms. The highest BCUT2D eigenvalue weighted by Gasteiger charge is 2.09. The van der Waals surface area contributed by atoms with E-state index in [4.69, 9.17) is 4.74 Å². The predicted octanol–water partition coefficient (Wildman–Crippen LogP) is 2.21. The number of ether oxygens (including phenoxy) is 1. The van der Waals surface area contributed by atoms with E-state index < -0.39 is 0 Å². The van der Waals surface area contributed by atoms with Gasteiger partial charge in [0.1, 0.15) is 11.6 Å². The number of carbonyl (C=O) groups excluding carboxylic acids is 1. The molecule has 1 amide bonds. The van der Waals surface area contributed by atoms with E-state index in [1.807, 2.05) is 32.0 Å². The van der Waals surface area contributed by atoms with Gasteiger partial charge in [-0.05, 0) is 37.1 Å². The van der Waals surface area contributed by atoms with Gasteiger partial charge in [0.05, 0.1) is 6.61 Å². The highest BCUT2D eigenvalue weighted by Crippen LogP contribution is 2.19. The fraction of sp³-hybridized carbons (Fsp3) is 0.250. The SMILES string of the molecule is Cc1ccc(C)c(OCC(=O)Nc2ncccc2CO)c1. The predicted molar refractivity (Wildman–Crippen MR) is 80.2 cm³/mol. The number of aryl methyl sites for hydroxylation is 2. The molecule has 2 N–H and O–H groups in total. The van der Waals surface area contributed by atoms with Gasteiger partial charge in [0.2, 0.25) is 0 Å². The summed E-state index contributed by atoms with van der Waals surface area (Å²) in [5.41, 5.74) is 2.61. The van der Waals surface area contributed by atoms with Crippen LogP contribution in [0.4, 0.5) is 5.82 Å². The quantitative estimate of drug-likeness (QED) is 0.884. The third-order valence-corrected chi connectivity index (χ3v) is 3.02. The number of amides is 1. The second kappa shape index (κ2) is 6.85. The molecular weight excluding hydrogens is 268 g/mol. The van der Waals surface area contributed by atoms with Crippen LogP contribution < -0.4 is 10.1 Å². The smallest absolute Gasteiger partial charge is 0.263 e. The molecule has 1 aromatic heterocycles. The standard InChI is InChI=1S/C16H18N2O3/c1-11-5-6-12(2)14(8-11)21-10-15(20)18-16-13(9-19)4-3-7-17-16/h3-8,19H,9-10H2,1-2H3,(H,17,18,20). The third-order valence-electron chi connectivity index (χ3n) is 3.02. The van der Waals surface area contributed by atoms with Crippen LogP contribution >= 0.6 is 0 Å². The third kappa shape index (κ3) is 4.03. The van der Waals surface area contributed by atoms with Gasteiger partial charge in [-0.3, -0.25) is 4.79 Å². The zero-order valence-corrected chi connectivity index (χ0v) is 12.1. The average Bonchev–Trinajstić information content (AvgIpc) is 2.49. The highest BCUT2D eigenvalue weighted by molar-refractivity contribution is 5.91. The Kier molecular flexibility index (Phi) is 4.90. The van der Waals surface area contributed by atoms with E-state index in [0.717, 1.165) is 11.1 Å². The van der Waals surface area contributed by atoms with Crippen molar-refractivity contribution in [1.29, 1.82) is 0 Å². The first-order chi connectivity index (χ1) is 10.1. The van der Waals surface area contributed by atoms with Crippen LogP contribution in [0.3, 0.4) is 0 Å². The second-order valence-electron chi connectivity index (χ2n) is 4.78. The lowest BCUT2D eigenvalue weighted by molar-refractivity contribution is -0.118. The summed E-state index contributed by atoms with van der Waals surface area (Å²) in [7, 11) is 0. The van der Waals surface area contributed by atoms with E-state index in [1.54, 1.807) is 18.3 Å². The van der Waals surface area contributed by atoms with Gasteiger partial charge in [-0.15, -0.1) is 0 Å². The van der Waals surface area contributed by atoms with Crippen molar-refractivity contribution in [3.8, 4) is 5.75 Å². The number of pyridine rings is 1. The number of carbonyl (C=O) groups is 1. The summed E-state index contributed by atoms with van der Waals surface area (Å²) in [6.45, 7) is 3.61. The van der Waals surface area contributed by atoms with Gasteiger partial charge in [0, 0.05) is 11.8 Å². The minimum absolute atomic E-state index is 0.105. The van der Waals surface area contributed by atoms with Gasteiger partial charge < -0.3 is 15.2 Å². The fourth-order valence-corrected chi connectivity index (χ4v) is 1.85. The minimum Gasteiger partial charge on any atom is -0.483 e. The summed E-state index contributed by atoms with van der Waals surface area (Å²) in [6.07, 6.45) is 1.56. The summed E-state index contributed by atoms with van der Waals surface area (Å²) in [5.74, 6) is 0.729. The summed E-state index contributed by atoms with van der Waals surface area (Å²) in [5, 5.41) is 11.8. The van der Waals surface area contributed by atoms with Crippen molar-refractivity contribution in [3.05, 3.63) is 53.2 Å². The number of aliphatic hydroxyl groups is 1. The molecule has 0 aliphatic heterocycles. The van der Waals surface area contributed by atoms with Crippen molar-refractivity contribution in [1.82, 2.24) is 4.98 Å². The summed E-state index contributed by atoms with van der Waals surface area (Å²) in [4.78, 5) is 15.9. The van der Waals surface area contributed by atoms with Gasteiger partial charge in [-0.1, -0.05) is 18.2 Å². The number of hydrogen-bond acceptors (Lipinski definition) is 4. The number of nitrogens with zero attached hydrogens (tertiary/aromatic N) is 1. The van der Waals surface area contributed by atoms with Gasteiger partial charge in [0.25, 0.3) is 5.91 Å².